The van der Waals surface area contributed by atoms with Crippen molar-refractivity contribution in [1.29, 1.82) is 0 Å². The van der Waals surface area contributed by atoms with E-state index in [1.165, 1.54) is 0 Å². The summed E-state index contributed by atoms with van der Waals surface area (Å²) in [7, 11) is 0. The molecule has 0 radical (unpaired) electrons. The van der Waals surface area contributed by atoms with Gasteiger partial charge in [0.1, 0.15) is 11.4 Å². The number of benzene rings is 1. The lowest BCUT2D eigenvalue weighted by molar-refractivity contribution is 0.0460. The lowest BCUT2D eigenvalue weighted by Crippen LogP contribution is -2.22. The molecule has 8 nitrogen and oxygen atoms in total. The summed E-state index contributed by atoms with van der Waals surface area (Å²) < 4.78 is 7.02. The lowest BCUT2D eigenvalue weighted by atomic mass is 10.2. The number of carbonyl (C=O) groups is 1. The molecule has 132 valence electrons. The predicted octanol–water partition coefficient (Wildman–Crippen LogP) is 2.01. The fourth-order valence-corrected chi connectivity index (χ4v) is 3.01. The Balaban J connectivity index is 1.50. The van der Waals surface area contributed by atoms with E-state index in [1.807, 2.05) is 30.3 Å². The van der Waals surface area contributed by atoms with Gasteiger partial charge in [-0.2, -0.15) is 4.68 Å². The molecule has 1 aliphatic rings. The molecular weight excluding hydrogens is 332 g/mol. The van der Waals surface area contributed by atoms with Crippen LogP contribution in [0.4, 0.5) is 5.82 Å². The molecule has 3 heterocycles. The minimum atomic E-state index is -0.428. The molecule has 1 fully saturated rings. The van der Waals surface area contributed by atoms with E-state index in [2.05, 4.69) is 25.4 Å². The lowest BCUT2D eigenvalue weighted by Gasteiger charge is -2.18. The normalized spacial score (nSPS) is 13.8. The topological polar surface area (TPSA) is 86.0 Å². The maximum absolute atomic E-state index is 12.6. The zero-order valence-electron chi connectivity index (χ0n) is 14.2. The minimum absolute atomic E-state index is 0.0188. The minimum Gasteiger partial charge on any atom is -0.454 e. The van der Waals surface area contributed by atoms with Crippen molar-refractivity contribution in [2.24, 2.45) is 0 Å². The standard InChI is InChI=1S/C18H18N6O2/c25-18(15-9-6-10-19-17(15)23-11-4-5-12-23)26-13-16-20-21-22-24(16)14-7-2-1-3-8-14/h1-3,6-10H,4-5,11-13H2. The molecule has 3 aromatic rings. The van der Waals surface area contributed by atoms with Gasteiger partial charge in [-0.25, -0.2) is 9.78 Å². The molecule has 0 atom stereocenters. The number of aromatic nitrogens is 5. The Kier molecular flexibility index (Phi) is 4.55. The highest BCUT2D eigenvalue weighted by Crippen LogP contribution is 2.22. The van der Waals surface area contributed by atoms with Gasteiger partial charge < -0.3 is 9.64 Å². The molecule has 1 aromatic carbocycles. The van der Waals surface area contributed by atoms with Crippen LogP contribution in [0.3, 0.4) is 0 Å². The SMILES string of the molecule is O=C(OCc1nnnn1-c1ccccc1)c1cccnc1N1CCCC1. The van der Waals surface area contributed by atoms with Crippen molar-refractivity contribution in [2.45, 2.75) is 19.4 Å². The molecule has 26 heavy (non-hydrogen) atoms. The van der Waals surface area contributed by atoms with Gasteiger partial charge in [0, 0.05) is 19.3 Å². The molecule has 0 aliphatic carbocycles. The van der Waals surface area contributed by atoms with Crippen LogP contribution in [0.25, 0.3) is 5.69 Å². The van der Waals surface area contributed by atoms with Gasteiger partial charge in [0.2, 0.25) is 0 Å². The van der Waals surface area contributed by atoms with Crippen LogP contribution in [0, 0.1) is 0 Å². The molecular formula is C18H18N6O2. The van der Waals surface area contributed by atoms with E-state index in [1.54, 1.807) is 23.0 Å². The molecule has 4 rings (SSSR count). The Morgan fingerprint density at radius 3 is 2.69 bits per heavy atom. The number of rotatable bonds is 5. The quantitative estimate of drug-likeness (QED) is 0.651. The highest BCUT2D eigenvalue weighted by atomic mass is 16.5. The summed E-state index contributed by atoms with van der Waals surface area (Å²) in [5.41, 5.74) is 1.27. The van der Waals surface area contributed by atoms with E-state index in [4.69, 9.17) is 4.74 Å². The van der Waals surface area contributed by atoms with E-state index in [-0.39, 0.29) is 6.61 Å². The highest BCUT2D eigenvalue weighted by Gasteiger charge is 2.22. The van der Waals surface area contributed by atoms with Crippen LogP contribution in [-0.4, -0.2) is 44.3 Å². The number of esters is 1. The first-order valence-electron chi connectivity index (χ1n) is 8.53. The van der Waals surface area contributed by atoms with E-state index in [0.29, 0.717) is 17.2 Å². The molecule has 1 aliphatic heterocycles. The fourth-order valence-electron chi connectivity index (χ4n) is 3.01. The van der Waals surface area contributed by atoms with Crippen LogP contribution in [0.2, 0.25) is 0 Å². The second-order valence-electron chi connectivity index (χ2n) is 5.99. The van der Waals surface area contributed by atoms with Crippen LogP contribution < -0.4 is 4.90 Å². The third-order valence-electron chi connectivity index (χ3n) is 4.28. The van der Waals surface area contributed by atoms with E-state index < -0.39 is 5.97 Å². The average Bonchev–Trinajstić information content (AvgIpc) is 3.39. The van der Waals surface area contributed by atoms with Gasteiger partial charge >= 0.3 is 5.97 Å². The second-order valence-corrected chi connectivity index (χ2v) is 5.99. The molecule has 0 bridgehead atoms. The zero-order chi connectivity index (χ0) is 17.8. The summed E-state index contributed by atoms with van der Waals surface area (Å²) in [5, 5.41) is 11.6. The number of para-hydroxylation sites is 1. The van der Waals surface area contributed by atoms with Crippen LogP contribution in [0.5, 0.6) is 0 Å². The monoisotopic (exact) mass is 350 g/mol. The summed E-state index contributed by atoms with van der Waals surface area (Å²) >= 11 is 0. The molecule has 0 N–H and O–H groups in total. The van der Waals surface area contributed by atoms with Crippen LogP contribution in [-0.2, 0) is 11.3 Å². The summed E-state index contributed by atoms with van der Waals surface area (Å²) in [6.07, 6.45) is 3.91. The Bertz CT molecular complexity index is 889. The second kappa shape index (κ2) is 7.30. The Morgan fingerprint density at radius 1 is 1.08 bits per heavy atom. The van der Waals surface area contributed by atoms with Crippen LogP contribution >= 0.6 is 0 Å². The van der Waals surface area contributed by atoms with Crippen molar-refractivity contribution in [3.8, 4) is 5.69 Å². The van der Waals surface area contributed by atoms with Crippen molar-refractivity contribution in [1.82, 2.24) is 25.2 Å². The van der Waals surface area contributed by atoms with Crippen LogP contribution in [0.1, 0.15) is 29.0 Å². The molecule has 2 aromatic heterocycles. The number of hydrogen-bond donors (Lipinski definition) is 0. The molecule has 8 heteroatoms. The van der Waals surface area contributed by atoms with Crippen LogP contribution in [0.15, 0.2) is 48.7 Å². The van der Waals surface area contributed by atoms with Gasteiger partial charge in [-0.3, -0.25) is 0 Å². The number of ether oxygens (including phenoxy) is 1. The fraction of sp³-hybridized carbons (Fsp3) is 0.278. The van der Waals surface area contributed by atoms with Crippen molar-refractivity contribution in [3.63, 3.8) is 0 Å². The van der Waals surface area contributed by atoms with Gasteiger partial charge in [-0.1, -0.05) is 18.2 Å². The number of pyridine rings is 1. The Labute approximate surface area is 150 Å². The van der Waals surface area contributed by atoms with E-state index in [0.717, 1.165) is 31.6 Å². The van der Waals surface area contributed by atoms with Crippen molar-refractivity contribution in [2.75, 3.05) is 18.0 Å². The van der Waals surface area contributed by atoms with E-state index >= 15 is 0 Å². The molecule has 0 saturated carbocycles. The number of carbonyl (C=O) groups excluding carboxylic acids is 1. The number of hydrogen-bond acceptors (Lipinski definition) is 7. The van der Waals surface area contributed by atoms with Gasteiger partial charge in [-0.15, -0.1) is 5.10 Å². The number of tetrazole rings is 1. The maximum Gasteiger partial charge on any atom is 0.342 e. The summed E-state index contributed by atoms with van der Waals surface area (Å²) in [5.74, 6) is 0.705. The maximum atomic E-state index is 12.6. The van der Waals surface area contributed by atoms with Crippen molar-refractivity contribution < 1.29 is 9.53 Å². The highest BCUT2D eigenvalue weighted by molar-refractivity contribution is 5.94. The zero-order valence-corrected chi connectivity index (χ0v) is 14.2. The van der Waals surface area contributed by atoms with Gasteiger partial charge in [0.15, 0.2) is 12.4 Å². The Hall–Kier alpha value is -3.29. The smallest absolute Gasteiger partial charge is 0.342 e. The van der Waals surface area contributed by atoms with Gasteiger partial charge in [0.25, 0.3) is 0 Å². The van der Waals surface area contributed by atoms with Crippen molar-refractivity contribution >= 4 is 11.8 Å². The average molecular weight is 350 g/mol. The first-order chi connectivity index (χ1) is 12.8. The van der Waals surface area contributed by atoms with Gasteiger partial charge in [0.05, 0.1) is 5.69 Å². The Morgan fingerprint density at radius 2 is 1.88 bits per heavy atom. The molecule has 0 unspecified atom stereocenters. The summed E-state index contributed by atoms with van der Waals surface area (Å²) in [6, 6.07) is 12.9. The third kappa shape index (κ3) is 3.26. The predicted molar refractivity (Wildman–Crippen MR) is 94.0 cm³/mol. The first kappa shape index (κ1) is 16.2. The summed E-state index contributed by atoms with van der Waals surface area (Å²) in [4.78, 5) is 19.1. The number of anilines is 1. The van der Waals surface area contributed by atoms with Crippen molar-refractivity contribution in [3.05, 3.63) is 60.0 Å². The van der Waals surface area contributed by atoms with Gasteiger partial charge in [-0.05, 0) is 47.5 Å². The largest absolute Gasteiger partial charge is 0.454 e. The summed E-state index contributed by atoms with van der Waals surface area (Å²) in [6.45, 7) is 1.79. The molecule has 0 amide bonds. The van der Waals surface area contributed by atoms with E-state index in [9.17, 15) is 4.79 Å². The third-order valence-corrected chi connectivity index (χ3v) is 4.28. The number of nitrogens with zero attached hydrogens (tertiary/aromatic N) is 6. The first-order valence-corrected chi connectivity index (χ1v) is 8.53. The molecule has 1 saturated heterocycles. The molecule has 0 spiro atoms.